The van der Waals surface area contributed by atoms with E-state index in [1.165, 1.54) is 19.2 Å². The van der Waals surface area contributed by atoms with Gasteiger partial charge in [0.1, 0.15) is 0 Å². The molecule has 1 aromatic heterocycles. The standard InChI is InChI=1S/C17H22FN3O2/c1-12-9-13(2)21(20-12)8-4-7-19-17(22)11-14-5-6-16(23-3)15(18)10-14/h5-6,9-10H,4,7-8,11H2,1-3H3,(H,19,22). The zero-order valence-corrected chi connectivity index (χ0v) is 13.7. The van der Waals surface area contributed by atoms with Crippen LogP contribution in [0.4, 0.5) is 4.39 Å². The number of aromatic nitrogens is 2. The molecule has 0 saturated carbocycles. The number of carbonyl (C=O) groups is 1. The molecule has 1 aromatic carbocycles. The van der Waals surface area contributed by atoms with Gasteiger partial charge in [0, 0.05) is 18.8 Å². The molecule has 1 amide bonds. The summed E-state index contributed by atoms with van der Waals surface area (Å²) in [6.45, 7) is 5.29. The maximum Gasteiger partial charge on any atom is 0.224 e. The number of amides is 1. The lowest BCUT2D eigenvalue weighted by atomic mass is 10.1. The minimum atomic E-state index is -0.456. The monoisotopic (exact) mass is 319 g/mol. The second-order valence-electron chi connectivity index (χ2n) is 5.50. The normalized spacial score (nSPS) is 10.6. The van der Waals surface area contributed by atoms with Crippen LogP contribution in [0.5, 0.6) is 5.75 Å². The summed E-state index contributed by atoms with van der Waals surface area (Å²) >= 11 is 0. The second kappa shape index (κ2) is 7.76. The molecule has 0 radical (unpaired) electrons. The highest BCUT2D eigenvalue weighted by Crippen LogP contribution is 2.17. The smallest absolute Gasteiger partial charge is 0.224 e. The summed E-state index contributed by atoms with van der Waals surface area (Å²) in [6.07, 6.45) is 0.950. The van der Waals surface area contributed by atoms with Gasteiger partial charge in [-0.2, -0.15) is 5.10 Å². The Morgan fingerprint density at radius 2 is 2.13 bits per heavy atom. The molecule has 0 unspecified atom stereocenters. The van der Waals surface area contributed by atoms with Gasteiger partial charge in [-0.1, -0.05) is 6.07 Å². The molecule has 1 N–H and O–H groups in total. The Hall–Kier alpha value is -2.37. The highest BCUT2D eigenvalue weighted by atomic mass is 19.1. The fourth-order valence-corrected chi connectivity index (χ4v) is 2.43. The summed E-state index contributed by atoms with van der Waals surface area (Å²) in [7, 11) is 1.41. The van der Waals surface area contributed by atoms with Gasteiger partial charge in [0.25, 0.3) is 0 Å². The van der Waals surface area contributed by atoms with Gasteiger partial charge in [0.05, 0.1) is 19.2 Å². The van der Waals surface area contributed by atoms with Crippen molar-refractivity contribution in [2.75, 3.05) is 13.7 Å². The fraction of sp³-hybridized carbons (Fsp3) is 0.412. The Bertz CT molecular complexity index is 682. The van der Waals surface area contributed by atoms with Crippen molar-refractivity contribution >= 4 is 5.91 Å². The molecule has 2 rings (SSSR count). The minimum absolute atomic E-state index is 0.122. The third-order valence-corrected chi connectivity index (χ3v) is 3.55. The highest BCUT2D eigenvalue weighted by Gasteiger charge is 2.07. The molecule has 23 heavy (non-hydrogen) atoms. The molecule has 0 aliphatic heterocycles. The molecule has 0 atom stereocenters. The molecule has 0 spiro atoms. The van der Waals surface area contributed by atoms with Gasteiger partial charge in [-0.3, -0.25) is 9.48 Å². The third-order valence-electron chi connectivity index (χ3n) is 3.55. The number of hydrogen-bond acceptors (Lipinski definition) is 3. The van der Waals surface area contributed by atoms with Gasteiger partial charge in [-0.15, -0.1) is 0 Å². The first-order valence-electron chi connectivity index (χ1n) is 7.59. The Labute approximate surface area is 135 Å². The Kier molecular flexibility index (Phi) is 5.73. The molecule has 0 aliphatic carbocycles. The van der Waals surface area contributed by atoms with Crippen molar-refractivity contribution in [3.05, 3.63) is 47.0 Å². The van der Waals surface area contributed by atoms with E-state index in [4.69, 9.17) is 4.74 Å². The Morgan fingerprint density at radius 3 is 2.74 bits per heavy atom. The van der Waals surface area contributed by atoms with Crippen molar-refractivity contribution in [2.45, 2.75) is 33.2 Å². The predicted octanol–water partition coefficient (Wildman–Crippen LogP) is 2.40. The van der Waals surface area contributed by atoms with Crippen molar-refractivity contribution < 1.29 is 13.9 Å². The number of halogens is 1. The lowest BCUT2D eigenvalue weighted by Crippen LogP contribution is -2.27. The van der Waals surface area contributed by atoms with Gasteiger partial charge < -0.3 is 10.1 Å². The number of methoxy groups -OCH3 is 1. The van der Waals surface area contributed by atoms with Crippen molar-refractivity contribution in [3.8, 4) is 5.75 Å². The number of hydrogen-bond donors (Lipinski definition) is 1. The van der Waals surface area contributed by atoms with E-state index in [1.54, 1.807) is 6.07 Å². The topological polar surface area (TPSA) is 56.1 Å². The summed E-state index contributed by atoms with van der Waals surface area (Å²) < 4.78 is 20.4. The average molecular weight is 319 g/mol. The summed E-state index contributed by atoms with van der Waals surface area (Å²) in [6, 6.07) is 6.57. The zero-order chi connectivity index (χ0) is 16.8. The van der Waals surface area contributed by atoms with E-state index in [0.29, 0.717) is 12.1 Å². The fourth-order valence-electron chi connectivity index (χ4n) is 2.43. The van der Waals surface area contributed by atoms with Crippen LogP contribution in [0.15, 0.2) is 24.3 Å². The molecular weight excluding hydrogens is 297 g/mol. The largest absolute Gasteiger partial charge is 0.494 e. The minimum Gasteiger partial charge on any atom is -0.494 e. The number of carbonyl (C=O) groups excluding carboxylic acids is 1. The lowest BCUT2D eigenvalue weighted by Gasteiger charge is -2.08. The Balaban J connectivity index is 1.75. The van der Waals surface area contributed by atoms with Crippen LogP contribution in [0.3, 0.4) is 0 Å². The number of rotatable bonds is 7. The summed E-state index contributed by atoms with van der Waals surface area (Å²) in [5, 5.41) is 7.21. The van der Waals surface area contributed by atoms with E-state index in [1.807, 2.05) is 24.6 Å². The summed E-state index contributed by atoms with van der Waals surface area (Å²) in [5.74, 6) is -0.399. The van der Waals surface area contributed by atoms with Crippen molar-refractivity contribution in [2.24, 2.45) is 0 Å². The van der Waals surface area contributed by atoms with E-state index < -0.39 is 5.82 Å². The third kappa shape index (κ3) is 4.81. The van der Waals surface area contributed by atoms with Gasteiger partial charge >= 0.3 is 0 Å². The summed E-state index contributed by atoms with van der Waals surface area (Å²) in [4.78, 5) is 11.9. The maximum atomic E-state index is 13.6. The van der Waals surface area contributed by atoms with Gasteiger partial charge in [0.2, 0.25) is 5.91 Å². The molecule has 0 bridgehead atoms. The van der Waals surface area contributed by atoms with E-state index >= 15 is 0 Å². The van der Waals surface area contributed by atoms with E-state index in [9.17, 15) is 9.18 Å². The zero-order valence-electron chi connectivity index (χ0n) is 13.7. The van der Waals surface area contributed by atoms with Crippen LogP contribution in [0.1, 0.15) is 23.4 Å². The average Bonchev–Trinajstić information content (AvgIpc) is 2.82. The number of benzene rings is 1. The maximum absolute atomic E-state index is 13.6. The van der Waals surface area contributed by atoms with Crippen molar-refractivity contribution in [1.82, 2.24) is 15.1 Å². The van der Waals surface area contributed by atoms with Gasteiger partial charge in [-0.25, -0.2) is 4.39 Å². The van der Waals surface area contributed by atoms with E-state index in [0.717, 1.165) is 24.4 Å². The number of nitrogens with zero attached hydrogens (tertiary/aromatic N) is 2. The van der Waals surface area contributed by atoms with Gasteiger partial charge in [-0.05, 0) is 44.0 Å². The molecule has 0 saturated heterocycles. The molecule has 6 heteroatoms. The van der Waals surface area contributed by atoms with Crippen molar-refractivity contribution in [1.29, 1.82) is 0 Å². The Morgan fingerprint density at radius 1 is 1.35 bits per heavy atom. The number of nitrogens with one attached hydrogen (secondary N) is 1. The van der Waals surface area contributed by atoms with Gasteiger partial charge in [0.15, 0.2) is 11.6 Å². The highest BCUT2D eigenvalue weighted by molar-refractivity contribution is 5.78. The first kappa shape index (κ1) is 17.0. The van der Waals surface area contributed by atoms with Crippen LogP contribution in [-0.2, 0) is 17.8 Å². The first-order chi connectivity index (χ1) is 11.0. The molecule has 0 fully saturated rings. The second-order valence-corrected chi connectivity index (χ2v) is 5.50. The molecule has 124 valence electrons. The van der Waals surface area contributed by atoms with Crippen LogP contribution < -0.4 is 10.1 Å². The predicted molar refractivity (Wildman–Crippen MR) is 86.0 cm³/mol. The van der Waals surface area contributed by atoms with Crippen LogP contribution >= 0.6 is 0 Å². The number of aryl methyl sites for hydroxylation is 3. The van der Waals surface area contributed by atoms with Crippen LogP contribution in [0, 0.1) is 19.7 Å². The SMILES string of the molecule is COc1ccc(CC(=O)NCCCn2nc(C)cc2C)cc1F. The van der Waals surface area contributed by atoms with Crippen LogP contribution in [-0.4, -0.2) is 29.3 Å². The number of ether oxygens (including phenoxy) is 1. The molecule has 1 heterocycles. The van der Waals surface area contributed by atoms with E-state index in [-0.39, 0.29) is 18.1 Å². The molecule has 5 nitrogen and oxygen atoms in total. The van der Waals surface area contributed by atoms with Crippen LogP contribution in [0.25, 0.3) is 0 Å². The quantitative estimate of drug-likeness (QED) is 0.797. The van der Waals surface area contributed by atoms with E-state index in [2.05, 4.69) is 10.4 Å². The lowest BCUT2D eigenvalue weighted by molar-refractivity contribution is -0.120. The molecule has 0 aliphatic rings. The van der Waals surface area contributed by atoms with Crippen LogP contribution in [0.2, 0.25) is 0 Å². The molecule has 2 aromatic rings. The summed E-state index contributed by atoms with van der Waals surface area (Å²) in [5.41, 5.74) is 2.73. The molecular formula is C17H22FN3O2. The first-order valence-corrected chi connectivity index (χ1v) is 7.59. The van der Waals surface area contributed by atoms with Crippen molar-refractivity contribution in [3.63, 3.8) is 0 Å².